The lowest BCUT2D eigenvalue weighted by Gasteiger charge is -2.13. The van der Waals surface area contributed by atoms with Gasteiger partial charge in [0.15, 0.2) is 0 Å². The van der Waals surface area contributed by atoms with E-state index in [-0.39, 0.29) is 11.3 Å². The number of anilines is 1. The molecule has 1 aliphatic carbocycles. The van der Waals surface area contributed by atoms with Crippen molar-refractivity contribution in [2.45, 2.75) is 12.8 Å². The van der Waals surface area contributed by atoms with Crippen molar-refractivity contribution in [2.24, 2.45) is 5.41 Å². The summed E-state index contributed by atoms with van der Waals surface area (Å²) in [6.07, 6.45) is 3.77. The maximum absolute atomic E-state index is 11.8. The van der Waals surface area contributed by atoms with Crippen molar-refractivity contribution < 1.29 is 4.79 Å². The third-order valence-corrected chi connectivity index (χ3v) is 2.70. The van der Waals surface area contributed by atoms with Crippen LogP contribution in [0.25, 0.3) is 0 Å². The summed E-state index contributed by atoms with van der Waals surface area (Å²) in [4.78, 5) is 14.8. The van der Waals surface area contributed by atoms with Crippen molar-refractivity contribution in [2.75, 3.05) is 18.9 Å². The van der Waals surface area contributed by atoms with Crippen LogP contribution in [0.4, 0.5) is 5.82 Å². The van der Waals surface area contributed by atoms with Crippen LogP contribution in [-0.2, 0) is 4.79 Å². The molecule has 14 heavy (non-hydrogen) atoms. The van der Waals surface area contributed by atoms with Crippen LogP contribution in [0.5, 0.6) is 0 Å². The second kappa shape index (κ2) is 3.46. The van der Waals surface area contributed by atoms with Crippen molar-refractivity contribution in [1.82, 2.24) is 10.3 Å². The van der Waals surface area contributed by atoms with Crippen LogP contribution in [0.2, 0.25) is 0 Å². The molecular weight excluding hydrogens is 178 g/mol. The summed E-state index contributed by atoms with van der Waals surface area (Å²) < 4.78 is 0. The first-order valence-corrected chi connectivity index (χ1v) is 4.86. The van der Waals surface area contributed by atoms with E-state index in [2.05, 4.69) is 15.6 Å². The molecule has 1 aromatic heterocycles. The number of aromatic amines is 1. The monoisotopic (exact) mass is 193 g/mol. The molecule has 0 unspecified atom stereocenters. The van der Waals surface area contributed by atoms with E-state index in [4.69, 9.17) is 0 Å². The Morgan fingerprint density at radius 3 is 2.93 bits per heavy atom. The summed E-state index contributed by atoms with van der Waals surface area (Å²) in [5, 5.41) is 5.93. The molecule has 0 spiro atoms. The van der Waals surface area contributed by atoms with E-state index < -0.39 is 0 Å². The molecule has 1 fully saturated rings. The van der Waals surface area contributed by atoms with Crippen molar-refractivity contribution >= 4 is 11.7 Å². The first-order chi connectivity index (χ1) is 6.77. The van der Waals surface area contributed by atoms with Gasteiger partial charge in [-0.2, -0.15) is 0 Å². The Morgan fingerprint density at radius 1 is 1.64 bits per heavy atom. The molecule has 0 aromatic carbocycles. The van der Waals surface area contributed by atoms with Gasteiger partial charge < -0.3 is 15.6 Å². The summed E-state index contributed by atoms with van der Waals surface area (Å²) >= 11 is 0. The molecule has 1 aliphatic rings. The third-order valence-electron chi connectivity index (χ3n) is 2.70. The van der Waals surface area contributed by atoms with E-state index >= 15 is 0 Å². The quantitative estimate of drug-likeness (QED) is 0.667. The van der Waals surface area contributed by atoms with Gasteiger partial charge in [0, 0.05) is 12.7 Å². The van der Waals surface area contributed by atoms with Gasteiger partial charge in [0.1, 0.15) is 5.82 Å². The number of carbonyl (C=O) groups excluding carboxylic acids is 1. The molecule has 3 N–H and O–H groups in total. The van der Waals surface area contributed by atoms with Gasteiger partial charge in [-0.15, -0.1) is 0 Å². The van der Waals surface area contributed by atoms with E-state index in [1.807, 2.05) is 19.2 Å². The Balaban J connectivity index is 1.96. The Kier molecular flexibility index (Phi) is 2.29. The number of amides is 1. The second-order valence-electron chi connectivity index (χ2n) is 3.85. The van der Waals surface area contributed by atoms with Crippen LogP contribution in [0.1, 0.15) is 12.8 Å². The number of carbonyl (C=O) groups is 1. The highest BCUT2D eigenvalue weighted by Crippen LogP contribution is 2.45. The summed E-state index contributed by atoms with van der Waals surface area (Å²) in [7, 11) is 1.88. The van der Waals surface area contributed by atoms with Gasteiger partial charge in [0.05, 0.1) is 5.41 Å². The van der Waals surface area contributed by atoms with Gasteiger partial charge >= 0.3 is 0 Å². The Hall–Kier alpha value is -1.29. The fraction of sp³-hybridized carbons (Fsp3) is 0.500. The highest BCUT2D eigenvalue weighted by atomic mass is 16.2. The smallest absolute Gasteiger partial charge is 0.232 e. The van der Waals surface area contributed by atoms with E-state index in [1.54, 1.807) is 6.20 Å². The molecule has 4 heteroatoms. The first kappa shape index (κ1) is 9.27. The van der Waals surface area contributed by atoms with E-state index in [9.17, 15) is 4.79 Å². The maximum atomic E-state index is 11.8. The molecule has 0 bridgehead atoms. The molecule has 0 saturated heterocycles. The van der Waals surface area contributed by atoms with E-state index in [0.717, 1.165) is 25.2 Å². The minimum absolute atomic E-state index is 0.120. The summed E-state index contributed by atoms with van der Waals surface area (Å²) in [5.74, 6) is 0.895. The topological polar surface area (TPSA) is 56.9 Å². The average molecular weight is 193 g/mol. The molecule has 0 radical (unpaired) electrons. The number of hydrogen-bond acceptors (Lipinski definition) is 2. The number of hydrogen-bond donors (Lipinski definition) is 3. The van der Waals surface area contributed by atoms with Crippen LogP contribution in [-0.4, -0.2) is 24.5 Å². The zero-order valence-corrected chi connectivity index (χ0v) is 8.26. The van der Waals surface area contributed by atoms with Crippen LogP contribution in [0.3, 0.4) is 0 Å². The summed E-state index contributed by atoms with van der Waals surface area (Å²) in [5.41, 5.74) is -0.153. The third kappa shape index (κ3) is 1.65. The molecule has 0 atom stereocenters. The lowest BCUT2D eigenvalue weighted by atomic mass is 10.1. The zero-order valence-electron chi connectivity index (χ0n) is 8.26. The van der Waals surface area contributed by atoms with Crippen molar-refractivity contribution in [1.29, 1.82) is 0 Å². The molecular formula is C10H15N3O. The van der Waals surface area contributed by atoms with Crippen molar-refractivity contribution in [3.63, 3.8) is 0 Å². The standard InChI is InChI=1S/C10H15N3O/c1-11-7-10(4-5-10)9(14)13-8-3-2-6-12-8/h2-3,6,11-12H,4-5,7H2,1H3,(H,13,14). The Morgan fingerprint density at radius 2 is 2.43 bits per heavy atom. The maximum Gasteiger partial charge on any atom is 0.232 e. The Bertz CT molecular complexity index is 314. The Labute approximate surface area is 83.1 Å². The highest BCUT2D eigenvalue weighted by molar-refractivity contribution is 5.96. The van der Waals surface area contributed by atoms with Crippen LogP contribution in [0.15, 0.2) is 18.3 Å². The van der Waals surface area contributed by atoms with Gasteiger partial charge in [-0.3, -0.25) is 4.79 Å². The van der Waals surface area contributed by atoms with Gasteiger partial charge in [0.25, 0.3) is 0 Å². The van der Waals surface area contributed by atoms with Crippen molar-refractivity contribution in [3.05, 3.63) is 18.3 Å². The predicted octanol–water partition coefficient (Wildman–Crippen LogP) is 0.953. The molecule has 1 saturated carbocycles. The van der Waals surface area contributed by atoms with Crippen molar-refractivity contribution in [3.8, 4) is 0 Å². The zero-order chi connectivity index (χ0) is 10.0. The van der Waals surface area contributed by atoms with Gasteiger partial charge in [-0.25, -0.2) is 0 Å². The minimum atomic E-state index is -0.153. The molecule has 1 aromatic rings. The minimum Gasteiger partial charge on any atom is -0.348 e. The SMILES string of the molecule is CNCC1(C(=O)Nc2ccc[nH]2)CC1. The summed E-state index contributed by atoms with van der Waals surface area (Å²) in [6, 6.07) is 3.72. The van der Waals surface area contributed by atoms with Gasteiger partial charge in [-0.1, -0.05) is 0 Å². The number of rotatable bonds is 4. The largest absolute Gasteiger partial charge is 0.348 e. The van der Waals surface area contributed by atoms with Gasteiger partial charge in [0.2, 0.25) is 5.91 Å². The fourth-order valence-corrected chi connectivity index (χ4v) is 1.64. The molecule has 4 nitrogen and oxygen atoms in total. The highest BCUT2D eigenvalue weighted by Gasteiger charge is 2.49. The van der Waals surface area contributed by atoms with Crippen LogP contribution in [0, 0.1) is 5.41 Å². The predicted molar refractivity (Wildman–Crippen MR) is 55.0 cm³/mol. The van der Waals surface area contributed by atoms with Crippen LogP contribution < -0.4 is 10.6 Å². The molecule has 0 aliphatic heterocycles. The van der Waals surface area contributed by atoms with E-state index in [0.29, 0.717) is 0 Å². The lowest BCUT2D eigenvalue weighted by Crippen LogP contribution is -2.32. The number of aromatic nitrogens is 1. The normalized spacial score (nSPS) is 17.8. The van der Waals surface area contributed by atoms with E-state index in [1.165, 1.54) is 0 Å². The summed E-state index contributed by atoms with van der Waals surface area (Å²) in [6.45, 7) is 0.763. The number of nitrogens with one attached hydrogen (secondary N) is 3. The molecule has 1 heterocycles. The van der Waals surface area contributed by atoms with Gasteiger partial charge in [-0.05, 0) is 32.0 Å². The molecule has 2 rings (SSSR count). The lowest BCUT2D eigenvalue weighted by molar-refractivity contribution is -0.121. The average Bonchev–Trinajstić information content (AvgIpc) is 2.77. The van der Waals surface area contributed by atoms with Crippen LogP contribution >= 0.6 is 0 Å². The second-order valence-corrected chi connectivity index (χ2v) is 3.85. The molecule has 1 amide bonds. The first-order valence-electron chi connectivity index (χ1n) is 4.86. The molecule has 76 valence electrons. The number of H-pyrrole nitrogens is 1. The fourth-order valence-electron chi connectivity index (χ4n) is 1.64.